The maximum Gasteiger partial charge on any atom is 0.272 e. The molecule has 1 unspecified atom stereocenters. The number of imidazole rings is 1. The van der Waals surface area contributed by atoms with E-state index in [1.807, 2.05) is 17.0 Å². The van der Waals surface area contributed by atoms with Gasteiger partial charge >= 0.3 is 0 Å². The van der Waals surface area contributed by atoms with Gasteiger partial charge in [-0.25, -0.2) is 4.98 Å². The number of carbonyl (C=O) groups is 1. The predicted octanol–water partition coefficient (Wildman–Crippen LogP) is 3.43. The molecule has 4 heterocycles. The Morgan fingerprint density at radius 2 is 2.21 bits per heavy atom. The lowest BCUT2D eigenvalue weighted by Gasteiger charge is -2.31. The second kappa shape index (κ2) is 6.02. The quantitative estimate of drug-likeness (QED) is 0.718. The monoisotopic (exact) mass is 340 g/mol. The van der Waals surface area contributed by atoms with E-state index in [-0.39, 0.29) is 5.91 Å². The first-order valence-corrected chi connectivity index (χ1v) is 9.16. The van der Waals surface area contributed by atoms with Crippen LogP contribution in [0.2, 0.25) is 0 Å². The molecule has 24 heavy (non-hydrogen) atoms. The first-order chi connectivity index (χ1) is 11.6. The molecule has 1 aliphatic heterocycles. The number of pyridine rings is 1. The van der Waals surface area contributed by atoms with Crippen LogP contribution in [0.4, 0.5) is 0 Å². The van der Waals surface area contributed by atoms with Crippen LogP contribution in [-0.4, -0.2) is 38.3 Å². The van der Waals surface area contributed by atoms with E-state index < -0.39 is 0 Å². The average molecular weight is 340 g/mol. The number of fused-ring (bicyclic) bond motifs is 1. The molecule has 0 saturated carbocycles. The first-order valence-electron chi connectivity index (χ1n) is 8.28. The molecule has 1 amide bonds. The number of aryl methyl sites for hydroxylation is 2. The highest BCUT2D eigenvalue weighted by Crippen LogP contribution is 2.33. The van der Waals surface area contributed by atoms with Crippen molar-refractivity contribution < 1.29 is 4.79 Å². The van der Waals surface area contributed by atoms with Crippen molar-refractivity contribution in [2.45, 2.75) is 32.6 Å². The minimum atomic E-state index is 0.0230. The van der Waals surface area contributed by atoms with Crippen LogP contribution in [0.5, 0.6) is 0 Å². The number of hydrogen-bond donors (Lipinski definition) is 0. The van der Waals surface area contributed by atoms with Crippen molar-refractivity contribution in [2.75, 3.05) is 13.1 Å². The van der Waals surface area contributed by atoms with Crippen LogP contribution in [0.15, 0.2) is 29.8 Å². The van der Waals surface area contributed by atoms with E-state index in [0.717, 1.165) is 37.4 Å². The summed E-state index contributed by atoms with van der Waals surface area (Å²) in [6, 6.07) is 5.48. The van der Waals surface area contributed by atoms with Gasteiger partial charge in [-0.3, -0.25) is 14.2 Å². The molecule has 1 atom stereocenters. The Kier molecular flexibility index (Phi) is 3.84. The molecular weight excluding hydrogens is 320 g/mol. The van der Waals surface area contributed by atoms with Crippen molar-refractivity contribution in [3.63, 3.8) is 0 Å². The van der Waals surface area contributed by atoms with Gasteiger partial charge in [0.05, 0.1) is 5.69 Å². The Morgan fingerprint density at radius 3 is 3.00 bits per heavy atom. The van der Waals surface area contributed by atoms with Gasteiger partial charge in [-0.2, -0.15) is 0 Å². The number of carbonyl (C=O) groups excluding carboxylic acids is 1. The minimum Gasteiger partial charge on any atom is -0.337 e. The molecule has 0 spiro atoms. The van der Waals surface area contributed by atoms with Gasteiger partial charge in [0.15, 0.2) is 0 Å². The number of rotatable bonds is 2. The Morgan fingerprint density at radius 1 is 1.33 bits per heavy atom. The van der Waals surface area contributed by atoms with Crippen molar-refractivity contribution in [1.82, 2.24) is 19.3 Å². The lowest BCUT2D eigenvalue weighted by Crippen LogP contribution is -2.39. The van der Waals surface area contributed by atoms with Crippen LogP contribution < -0.4 is 0 Å². The van der Waals surface area contributed by atoms with Gasteiger partial charge in [-0.1, -0.05) is 6.07 Å². The number of nitrogens with zero attached hydrogens (tertiary/aromatic N) is 4. The molecule has 0 aromatic carbocycles. The summed E-state index contributed by atoms with van der Waals surface area (Å²) < 4.78 is 2.22. The summed E-state index contributed by atoms with van der Waals surface area (Å²) in [5.41, 5.74) is 2.89. The molecule has 1 aliphatic rings. The number of hydrogen-bond acceptors (Lipinski definition) is 4. The number of aromatic nitrogens is 3. The largest absolute Gasteiger partial charge is 0.337 e. The van der Waals surface area contributed by atoms with Gasteiger partial charge in [-0.15, -0.1) is 11.3 Å². The fraction of sp³-hybridized carbons (Fsp3) is 0.389. The van der Waals surface area contributed by atoms with Gasteiger partial charge in [0.25, 0.3) is 5.91 Å². The topological polar surface area (TPSA) is 50.5 Å². The van der Waals surface area contributed by atoms with Crippen molar-refractivity contribution in [2.24, 2.45) is 0 Å². The third-order valence-corrected chi connectivity index (χ3v) is 5.78. The molecular formula is C18H20N4OS. The van der Waals surface area contributed by atoms with Crippen molar-refractivity contribution in [1.29, 1.82) is 0 Å². The fourth-order valence-corrected chi connectivity index (χ4v) is 4.66. The molecule has 0 bridgehead atoms. The summed E-state index contributed by atoms with van der Waals surface area (Å²) in [6.07, 6.45) is 3.76. The van der Waals surface area contributed by atoms with E-state index in [0.29, 0.717) is 11.6 Å². The van der Waals surface area contributed by atoms with Crippen molar-refractivity contribution in [3.8, 4) is 0 Å². The van der Waals surface area contributed by atoms with Gasteiger partial charge in [0.2, 0.25) is 0 Å². The maximum atomic E-state index is 12.7. The molecule has 124 valence electrons. The van der Waals surface area contributed by atoms with Crippen LogP contribution in [0, 0.1) is 13.8 Å². The van der Waals surface area contributed by atoms with Gasteiger partial charge < -0.3 is 4.90 Å². The molecule has 3 aromatic heterocycles. The normalized spacial score (nSPS) is 18.2. The molecule has 5 nitrogen and oxygen atoms in total. The molecule has 1 saturated heterocycles. The van der Waals surface area contributed by atoms with Gasteiger partial charge in [-0.05, 0) is 38.8 Å². The van der Waals surface area contributed by atoms with E-state index in [1.54, 1.807) is 23.6 Å². The Bertz CT molecular complexity index is 883. The molecule has 3 aromatic rings. The standard InChI is InChI=1S/C18H20N4OS/c1-12-11-24-18-16(20-13(2)22(12)18)14-6-5-9-21(10-14)17(23)15-7-3-4-8-19-15/h3-4,7-8,11,14H,5-6,9-10H2,1-2H3. The lowest BCUT2D eigenvalue weighted by molar-refractivity contribution is 0.0700. The summed E-state index contributed by atoms with van der Waals surface area (Å²) in [5.74, 6) is 1.36. The highest BCUT2D eigenvalue weighted by Gasteiger charge is 2.29. The van der Waals surface area contributed by atoms with Crippen molar-refractivity contribution in [3.05, 3.63) is 52.7 Å². The average Bonchev–Trinajstić information content (AvgIpc) is 3.16. The van der Waals surface area contributed by atoms with Crippen LogP contribution in [0.25, 0.3) is 4.83 Å². The summed E-state index contributed by atoms with van der Waals surface area (Å²) in [5, 5.41) is 2.17. The summed E-state index contributed by atoms with van der Waals surface area (Å²) in [7, 11) is 0. The molecule has 0 aliphatic carbocycles. The van der Waals surface area contributed by atoms with Gasteiger partial charge in [0.1, 0.15) is 16.3 Å². The second-order valence-corrected chi connectivity index (χ2v) is 7.23. The minimum absolute atomic E-state index is 0.0230. The summed E-state index contributed by atoms with van der Waals surface area (Å²) in [6.45, 7) is 5.68. The predicted molar refractivity (Wildman–Crippen MR) is 94.7 cm³/mol. The zero-order chi connectivity index (χ0) is 16.7. The maximum absolute atomic E-state index is 12.7. The van der Waals surface area contributed by atoms with Crippen LogP contribution >= 0.6 is 11.3 Å². The second-order valence-electron chi connectivity index (χ2n) is 6.37. The first kappa shape index (κ1) is 15.3. The van der Waals surface area contributed by atoms with E-state index >= 15 is 0 Å². The third kappa shape index (κ3) is 2.51. The lowest BCUT2D eigenvalue weighted by atomic mass is 9.95. The van der Waals surface area contributed by atoms with Crippen LogP contribution in [0.3, 0.4) is 0 Å². The summed E-state index contributed by atoms with van der Waals surface area (Å²) in [4.78, 5) is 24.9. The molecule has 0 N–H and O–H groups in total. The Labute approximate surface area is 145 Å². The molecule has 6 heteroatoms. The van der Waals surface area contributed by atoms with Crippen LogP contribution in [-0.2, 0) is 0 Å². The van der Waals surface area contributed by atoms with Crippen LogP contribution in [0.1, 0.15) is 46.5 Å². The van der Waals surface area contributed by atoms with E-state index in [9.17, 15) is 4.79 Å². The van der Waals surface area contributed by atoms with Crippen molar-refractivity contribution >= 4 is 22.1 Å². The smallest absolute Gasteiger partial charge is 0.272 e. The number of piperidine rings is 1. The highest BCUT2D eigenvalue weighted by molar-refractivity contribution is 7.15. The van der Waals surface area contributed by atoms with E-state index in [2.05, 4.69) is 28.6 Å². The van der Waals surface area contributed by atoms with Gasteiger partial charge in [0, 0.05) is 36.3 Å². The van der Waals surface area contributed by atoms with E-state index in [1.165, 1.54) is 10.5 Å². The Hall–Kier alpha value is -2.21. The molecule has 1 fully saturated rings. The third-order valence-electron chi connectivity index (χ3n) is 4.70. The number of thiazole rings is 1. The highest BCUT2D eigenvalue weighted by atomic mass is 32.1. The SMILES string of the molecule is Cc1csc2c(C3CCCN(C(=O)c4ccccn4)C3)nc(C)n12. The Balaban J connectivity index is 1.62. The number of amides is 1. The fourth-order valence-electron chi connectivity index (χ4n) is 3.56. The summed E-state index contributed by atoms with van der Waals surface area (Å²) >= 11 is 1.75. The zero-order valence-electron chi connectivity index (χ0n) is 13.9. The molecule has 4 rings (SSSR count). The zero-order valence-corrected chi connectivity index (χ0v) is 14.7. The number of likely N-dealkylation sites (tertiary alicyclic amines) is 1. The molecule has 0 radical (unpaired) electrons. The van der Waals surface area contributed by atoms with E-state index in [4.69, 9.17) is 4.98 Å².